The molecule has 4 N–H and O–H groups in total. The Morgan fingerprint density at radius 1 is 1.45 bits per heavy atom. The average Bonchev–Trinajstić information content (AvgIpc) is 2.44. The first-order chi connectivity index (χ1) is 10.4. The lowest BCUT2D eigenvalue weighted by molar-refractivity contribution is 0.116. The van der Waals surface area contributed by atoms with Gasteiger partial charge in [0.25, 0.3) is 0 Å². The Kier molecular flexibility index (Phi) is 4.75. The van der Waals surface area contributed by atoms with E-state index in [1.165, 1.54) is 6.07 Å². The van der Waals surface area contributed by atoms with Gasteiger partial charge in [-0.1, -0.05) is 19.8 Å². The third-order valence-electron chi connectivity index (χ3n) is 3.90. The first-order valence-corrected chi connectivity index (χ1v) is 7.40. The smallest absolute Gasteiger partial charge is 0.222 e. The van der Waals surface area contributed by atoms with E-state index in [-0.39, 0.29) is 5.95 Å². The maximum Gasteiger partial charge on any atom is 0.222 e. The van der Waals surface area contributed by atoms with Gasteiger partial charge in [-0.25, -0.2) is 14.4 Å². The van der Waals surface area contributed by atoms with Crippen molar-refractivity contribution in [3.05, 3.63) is 18.1 Å². The number of aliphatic hydroxyl groups excluding tert-OH is 1. The molecule has 0 radical (unpaired) electrons. The van der Waals surface area contributed by atoms with Gasteiger partial charge >= 0.3 is 0 Å². The Labute approximate surface area is 129 Å². The number of hydrogen-bond acceptors (Lipinski definition) is 6. The highest BCUT2D eigenvalue weighted by Crippen LogP contribution is 2.27. The summed E-state index contributed by atoms with van der Waals surface area (Å²) < 4.78 is 13.3. The third kappa shape index (κ3) is 3.41. The van der Waals surface area contributed by atoms with Crippen LogP contribution in [0.25, 0.3) is 11.0 Å². The van der Waals surface area contributed by atoms with Gasteiger partial charge in [0.15, 0.2) is 5.82 Å². The number of anilines is 2. The lowest BCUT2D eigenvalue weighted by Crippen LogP contribution is -2.45. The molecule has 6 nitrogen and oxygen atoms in total. The molecule has 2 aromatic rings. The molecule has 0 fully saturated rings. The Morgan fingerprint density at radius 3 is 2.82 bits per heavy atom. The first-order valence-electron chi connectivity index (χ1n) is 7.40. The normalized spacial score (nSPS) is 15.5. The summed E-state index contributed by atoms with van der Waals surface area (Å²) in [6, 6.07) is 1.26. The summed E-state index contributed by atoms with van der Waals surface area (Å²) in [5.74, 6) is -0.0475. The number of nitrogens with one attached hydrogen (secondary N) is 1. The van der Waals surface area contributed by atoms with Crippen molar-refractivity contribution in [1.29, 1.82) is 0 Å². The summed E-state index contributed by atoms with van der Waals surface area (Å²) in [6.45, 7) is 5.73. The molecule has 2 heterocycles. The van der Waals surface area contributed by atoms with Gasteiger partial charge < -0.3 is 16.2 Å². The van der Waals surface area contributed by atoms with Crippen LogP contribution in [0.2, 0.25) is 0 Å². The van der Waals surface area contributed by atoms with Gasteiger partial charge in [-0.3, -0.25) is 0 Å². The molecule has 0 unspecified atom stereocenters. The fourth-order valence-corrected chi connectivity index (χ4v) is 2.29. The van der Waals surface area contributed by atoms with E-state index in [4.69, 9.17) is 5.73 Å². The molecule has 2 atom stereocenters. The number of nitrogens with zero attached hydrogens (tertiary/aromatic N) is 3. The second-order valence-electron chi connectivity index (χ2n) is 5.77. The Hall–Kier alpha value is -2.02. The zero-order valence-corrected chi connectivity index (χ0v) is 13.1. The average molecular weight is 307 g/mol. The molecule has 0 aliphatic rings. The van der Waals surface area contributed by atoms with Crippen molar-refractivity contribution in [3.63, 3.8) is 0 Å². The quantitative estimate of drug-likeness (QED) is 0.758. The van der Waals surface area contributed by atoms with Gasteiger partial charge in [-0.05, 0) is 20.3 Å². The van der Waals surface area contributed by atoms with Gasteiger partial charge in [0.1, 0.15) is 11.3 Å². The minimum absolute atomic E-state index is 0.0332. The Bertz CT molecular complexity index is 658. The molecule has 0 aliphatic carbocycles. The summed E-state index contributed by atoms with van der Waals surface area (Å²) in [5.41, 5.74) is 5.87. The van der Waals surface area contributed by atoms with E-state index in [0.29, 0.717) is 16.9 Å². The molecule has 2 aromatic heterocycles. The van der Waals surface area contributed by atoms with Crippen molar-refractivity contribution in [2.45, 2.75) is 51.7 Å². The number of fused-ring (bicyclic) bond motifs is 1. The Morgan fingerprint density at radius 2 is 2.18 bits per heavy atom. The maximum absolute atomic E-state index is 13.3. The van der Waals surface area contributed by atoms with Crippen LogP contribution in [-0.2, 0) is 0 Å². The number of pyridine rings is 1. The standard InChI is InChI=1S/C15H22FN5O/c1-4-5-6-15(3,9(2)22)21-13-12-11(19-14(17)20-13)7-10(16)8-18-12/h7-9,22H,4-6H2,1-3H3,(H3,17,19,20,21)/t9-,15-/m1/s1. The summed E-state index contributed by atoms with van der Waals surface area (Å²) in [7, 11) is 0. The van der Waals surface area contributed by atoms with Crippen molar-refractivity contribution >= 4 is 22.8 Å². The van der Waals surface area contributed by atoms with Crippen LogP contribution in [0.5, 0.6) is 0 Å². The van der Waals surface area contributed by atoms with Gasteiger partial charge in [-0.2, -0.15) is 4.98 Å². The topological polar surface area (TPSA) is 97.0 Å². The predicted molar refractivity (Wildman–Crippen MR) is 84.9 cm³/mol. The minimum Gasteiger partial charge on any atom is -0.391 e. The van der Waals surface area contributed by atoms with E-state index in [9.17, 15) is 9.50 Å². The monoisotopic (exact) mass is 307 g/mol. The van der Waals surface area contributed by atoms with Crippen LogP contribution in [0.15, 0.2) is 12.3 Å². The van der Waals surface area contributed by atoms with Crippen LogP contribution in [0.1, 0.15) is 40.0 Å². The van der Waals surface area contributed by atoms with Gasteiger partial charge in [0, 0.05) is 6.07 Å². The fourth-order valence-electron chi connectivity index (χ4n) is 2.29. The molecule has 0 aliphatic heterocycles. The van der Waals surface area contributed by atoms with Crippen LogP contribution >= 0.6 is 0 Å². The molecule has 0 bridgehead atoms. The molecule has 0 spiro atoms. The number of nitrogens with two attached hydrogens (primary N) is 1. The van der Waals surface area contributed by atoms with Crippen molar-refractivity contribution in [2.75, 3.05) is 11.1 Å². The lowest BCUT2D eigenvalue weighted by atomic mass is 9.89. The second kappa shape index (κ2) is 6.39. The molecule has 0 saturated heterocycles. The summed E-state index contributed by atoms with van der Waals surface area (Å²) in [6.07, 6.45) is 3.23. The van der Waals surface area contributed by atoms with Crippen LogP contribution in [-0.4, -0.2) is 31.7 Å². The van der Waals surface area contributed by atoms with Gasteiger partial charge in [0.2, 0.25) is 5.95 Å². The molecule has 0 saturated carbocycles. The molecular weight excluding hydrogens is 285 g/mol. The SMILES string of the molecule is CCCC[C@@](C)(Nc1nc(N)nc2cc(F)cnc12)[C@@H](C)O. The van der Waals surface area contributed by atoms with E-state index < -0.39 is 17.5 Å². The van der Waals surface area contributed by atoms with Crippen molar-refractivity contribution < 1.29 is 9.50 Å². The van der Waals surface area contributed by atoms with Crippen LogP contribution in [0.4, 0.5) is 16.2 Å². The van der Waals surface area contributed by atoms with Crippen LogP contribution < -0.4 is 11.1 Å². The summed E-state index contributed by atoms with van der Waals surface area (Å²) >= 11 is 0. The highest BCUT2D eigenvalue weighted by molar-refractivity contribution is 5.86. The van der Waals surface area contributed by atoms with Crippen molar-refractivity contribution in [1.82, 2.24) is 15.0 Å². The lowest BCUT2D eigenvalue weighted by Gasteiger charge is -2.34. The molecule has 0 aromatic carbocycles. The predicted octanol–water partition coefficient (Wildman–Crippen LogP) is 2.49. The largest absolute Gasteiger partial charge is 0.391 e. The highest BCUT2D eigenvalue weighted by Gasteiger charge is 2.30. The Balaban J connectivity index is 2.44. The van der Waals surface area contributed by atoms with Crippen LogP contribution in [0.3, 0.4) is 0 Å². The van der Waals surface area contributed by atoms with Gasteiger partial charge in [0.05, 0.1) is 23.4 Å². The number of aliphatic hydroxyl groups is 1. The number of rotatable bonds is 6. The van der Waals surface area contributed by atoms with Crippen LogP contribution in [0, 0.1) is 5.82 Å². The molecule has 120 valence electrons. The third-order valence-corrected chi connectivity index (χ3v) is 3.90. The zero-order valence-electron chi connectivity index (χ0n) is 13.1. The fraction of sp³-hybridized carbons (Fsp3) is 0.533. The highest BCUT2D eigenvalue weighted by atomic mass is 19.1. The van der Waals surface area contributed by atoms with Crippen molar-refractivity contribution in [2.24, 2.45) is 0 Å². The molecule has 0 amide bonds. The zero-order chi connectivity index (χ0) is 16.3. The molecule has 2 rings (SSSR count). The van der Waals surface area contributed by atoms with E-state index >= 15 is 0 Å². The summed E-state index contributed by atoms with van der Waals surface area (Å²) in [4.78, 5) is 12.2. The second-order valence-corrected chi connectivity index (χ2v) is 5.77. The molecular formula is C15H22FN5O. The maximum atomic E-state index is 13.3. The van der Waals surface area contributed by atoms with E-state index in [1.807, 2.05) is 6.92 Å². The first kappa shape index (κ1) is 16.4. The van der Waals surface area contributed by atoms with E-state index in [0.717, 1.165) is 25.5 Å². The minimum atomic E-state index is -0.606. The molecule has 7 heteroatoms. The van der Waals surface area contributed by atoms with E-state index in [1.54, 1.807) is 6.92 Å². The number of halogens is 1. The molecule has 22 heavy (non-hydrogen) atoms. The van der Waals surface area contributed by atoms with Gasteiger partial charge in [-0.15, -0.1) is 0 Å². The van der Waals surface area contributed by atoms with E-state index in [2.05, 4.69) is 27.2 Å². The number of unbranched alkanes of at least 4 members (excludes halogenated alkanes) is 1. The number of nitrogen functional groups attached to an aromatic ring is 1. The summed E-state index contributed by atoms with van der Waals surface area (Å²) in [5, 5.41) is 13.4. The number of aromatic nitrogens is 3. The van der Waals surface area contributed by atoms with Crippen molar-refractivity contribution in [3.8, 4) is 0 Å². The number of hydrogen-bond donors (Lipinski definition) is 3.